The number of carbonyl (C=O) groups excluding carboxylic acids is 1. The van der Waals surface area contributed by atoms with E-state index in [1.165, 1.54) is 0 Å². The molecule has 0 radical (unpaired) electrons. The van der Waals surface area contributed by atoms with Crippen molar-refractivity contribution < 1.29 is 19.0 Å². The van der Waals surface area contributed by atoms with Crippen LogP contribution in [0.3, 0.4) is 0 Å². The first-order valence-electron chi connectivity index (χ1n) is 15.4. The number of methoxy groups -OCH3 is 1. The highest BCUT2D eigenvalue weighted by atomic mass is 16.6. The van der Waals surface area contributed by atoms with E-state index in [2.05, 4.69) is 47.4 Å². The number of cyclic esters (lactones) is 1. The van der Waals surface area contributed by atoms with Crippen LogP contribution in [0.2, 0.25) is 0 Å². The van der Waals surface area contributed by atoms with Crippen LogP contribution < -0.4 is 14.4 Å². The van der Waals surface area contributed by atoms with Crippen LogP contribution in [-0.4, -0.2) is 42.2 Å². The van der Waals surface area contributed by atoms with Gasteiger partial charge in [-0.25, -0.2) is 9.78 Å². The van der Waals surface area contributed by atoms with Gasteiger partial charge in [0, 0.05) is 47.5 Å². The predicted molar refractivity (Wildman–Crippen MR) is 178 cm³/mol. The Kier molecular flexibility index (Phi) is 7.16. The van der Waals surface area contributed by atoms with Gasteiger partial charge in [-0.05, 0) is 80.9 Å². The van der Waals surface area contributed by atoms with Gasteiger partial charge < -0.3 is 23.5 Å². The van der Waals surface area contributed by atoms with E-state index in [4.69, 9.17) is 19.2 Å². The predicted octanol–water partition coefficient (Wildman–Crippen LogP) is 7.87. The van der Waals surface area contributed by atoms with Gasteiger partial charge in [-0.1, -0.05) is 36.4 Å². The molecule has 0 N–H and O–H groups in total. The quantitative estimate of drug-likeness (QED) is 0.158. The van der Waals surface area contributed by atoms with Crippen molar-refractivity contribution in [1.29, 1.82) is 0 Å². The van der Waals surface area contributed by atoms with Gasteiger partial charge in [0.2, 0.25) is 5.60 Å². The monoisotopic (exact) mass is 597 g/mol. The zero-order valence-electron chi connectivity index (χ0n) is 25.9. The molecule has 226 valence electrons. The van der Waals surface area contributed by atoms with Crippen LogP contribution in [0.4, 0.5) is 5.69 Å². The molecule has 1 aliphatic rings. The Labute approximate surface area is 262 Å². The number of anilines is 1. The number of benzene rings is 3. The summed E-state index contributed by atoms with van der Waals surface area (Å²) in [5.41, 5.74) is 5.69. The molecule has 0 spiro atoms. The number of hydrogen-bond acceptors (Lipinski definition) is 6. The molecule has 0 fully saturated rings. The van der Waals surface area contributed by atoms with Crippen LogP contribution >= 0.6 is 0 Å². The third kappa shape index (κ3) is 4.49. The Morgan fingerprint density at radius 3 is 2.40 bits per heavy atom. The number of fused-ring (bicyclic) bond motifs is 3. The van der Waals surface area contributed by atoms with Gasteiger partial charge in [-0.2, -0.15) is 0 Å². The Morgan fingerprint density at radius 1 is 0.867 bits per heavy atom. The summed E-state index contributed by atoms with van der Waals surface area (Å²) in [5.74, 6) is 0.976. The molecule has 7 heteroatoms. The lowest BCUT2D eigenvalue weighted by Crippen LogP contribution is -2.33. The van der Waals surface area contributed by atoms with Crippen LogP contribution in [0.1, 0.15) is 48.1 Å². The van der Waals surface area contributed by atoms with E-state index in [0.717, 1.165) is 57.8 Å². The summed E-state index contributed by atoms with van der Waals surface area (Å²) in [7, 11) is 1.66. The average molecular weight is 598 g/mol. The molecule has 4 heterocycles. The zero-order chi connectivity index (χ0) is 31.1. The van der Waals surface area contributed by atoms with Crippen LogP contribution in [0.15, 0.2) is 103 Å². The second-order valence-corrected chi connectivity index (χ2v) is 11.1. The molecule has 7 rings (SSSR count). The normalized spacial score (nSPS) is 15.7. The summed E-state index contributed by atoms with van der Waals surface area (Å²) in [4.78, 5) is 21.5. The summed E-state index contributed by atoms with van der Waals surface area (Å²) < 4.78 is 20.7. The number of carbonyl (C=O) groups is 1. The number of nitrogens with zero attached hydrogens (tertiary/aromatic N) is 3. The zero-order valence-corrected chi connectivity index (χ0v) is 25.9. The molecule has 0 bridgehead atoms. The molecular weight excluding hydrogens is 562 g/mol. The highest BCUT2D eigenvalue weighted by Crippen LogP contribution is 2.53. The van der Waals surface area contributed by atoms with Gasteiger partial charge in [0.15, 0.2) is 0 Å². The van der Waals surface area contributed by atoms with Gasteiger partial charge >= 0.3 is 5.97 Å². The highest BCUT2D eigenvalue weighted by molar-refractivity contribution is 6.00. The maximum Gasteiger partial charge on any atom is 0.341 e. The first-order chi connectivity index (χ1) is 22.0. The van der Waals surface area contributed by atoms with Crippen molar-refractivity contribution in [2.45, 2.75) is 26.4 Å². The number of para-hydroxylation sites is 1. The number of aromatic nitrogens is 2. The summed E-state index contributed by atoms with van der Waals surface area (Å²) in [5, 5.41) is 0.876. The fourth-order valence-electron chi connectivity index (χ4n) is 6.59. The molecule has 0 amide bonds. The fourth-order valence-corrected chi connectivity index (χ4v) is 6.59. The summed E-state index contributed by atoms with van der Waals surface area (Å²) >= 11 is 0. The fraction of sp³-hybridized carbons (Fsp3) is 0.211. The largest absolute Gasteiger partial charge is 0.497 e. The van der Waals surface area contributed by atoms with E-state index >= 15 is 0 Å². The van der Waals surface area contributed by atoms with Crippen molar-refractivity contribution in [3.05, 3.63) is 126 Å². The number of rotatable bonds is 9. The molecule has 0 saturated heterocycles. The minimum atomic E-state index is -1.42. The standard InChI is InChI=1S/C38H35N3O4/c1-5-40(6-2)27-17-20-32(34(24-27)44-7-3)38(35-31(37(42)45-38)22-26-12-8-9-14-33(26)39-35)36-30(23-28-13-10-11-21-41(28)36)25-15-18-29(43-4)19-16-25/h8-24H,5-7H2,1-4H3. The Morgan fingerprint density at radius 2 is 1.64 bits per heavy atom. The molecular formula is C38H35N3O4. The van der Waals surface area contributed by atoms with Gasteiger partial charge in [-0.15, -0.1) is 0 Å². The topological polar surface area (TPSA) is 65.3 Å². The first-order valence-corrected chi connectivity index (χ1v) is 15.4. The molecule has 7 nitrogen and oxygen atoms in total. The van der Waals surface area contributed by atoms with Crippen molar-refractivity contribution in [3.63, 3.8) is 0 Å². The van der Waals surface area contributed by atoms with E-state index < -0.39 is 11.6 Å². The van der Waals surface area contributed by atoms with E-state index in [1.54, 1.807) is 7.11 Å². The van der Waals surface area contributed by atoms with E-state index in [-0.39, 0.29) is 0 Å². The lowest BCUT2D eigenvalue weighted by molar-refractivity contribution is 0.0222. The van der Waals surface area contributed by atoms with Crippen LogP contribution in [0.5, 0.6) is 11.5 Å². The minimum absolute atomic E-state index is 0.426. The van der Waals surface area contributed by atoms with Gasteiger partial charge in [0.25, 0.3) is 0 Å². The Bertz CT molecular complexity index is 2040. The number of pyridine rings is 2. The van der Waals surface area contributed by atoms with Gasteiger partial charge in [0.05, 0.1) is 36.1 Å². The molecule has 6 aromatic rings. The summed E-state index contributed by atoms with van der Waals surface area (Å²) in [6.45, 7) is 8.38. The molecule has 3 aromatic carbocycles. The maximum atomic E-state index is 14.1. The van der Waals surface area contributed by atoms with E-state index in [9.17, 15) is 4.79 Å². The number of hydrogen-bond donors (Lipinski definition) is 0. The second-order valence-electron chi connectivity index (χ2n) is 11.1. The van der Waals surface area contributed by atoms with Gasteiger partial charge in [-0.3, -0.25) is 0 Å². The van der Waals surface area contributed by atoms with Crippen molar-refractivity contribution in [3.8, 4) is 22.6 Å². The minimum Gasteiger partial charge on any atom is -0.497 e. The van der Waals surface area contributed by atoms with Crippen LogP contribution in [-0.2, 0) is 10.3 Å². The Balaban J connectivity index is 1.62. The van der Waals surface area contributed by atoms with Crippen molar-refractivity contribution in [2.75, 3.05) is 31.7 Å². The summed E-state index contributed by atoms with van der Waals surface area (Å²) in [6, 6.07) is 32.1. The van der Waals surface area contributed by atoms with E-state index in [0.29, 0.717) is 29.2 Å². The molecule has 1 unspecified atom stereocenters. The molecule has 0 aliphatic carbocycles. The highest BCUT2D eigenvalue weighted by Gasteiger charge is 2.54. The number of esters is 1. The SMILES string of the molecule is CCOc1cc(N(CC)CC)ccc1C1(c2c(-c3ccc(OC)cc3)cc3ccccn23)OC(=O)c2cc3ccccc3nc21. The third-order valence-corrected chi connectivity index (χ3v) is 8.71. The van der Waals surface area contributed by atoms with Crippen molar-refractivity contribution in [2.24, 2.45) is 0 Å². The maximum absolute atomic E-state index is 14.1. The molecule has 45 heavy (non-hydrogen) atoms. The molecule has 1 aliphatic heterocycles. The Hall–Kier alpha value is -5.30. The smallest absolute Gasteiger partial charge is 0.341 e. The van der Waals surface area contributed by atoms with Crippen molar-refractivity contribution >= 4 is 28.1 Å². The molecule has 0 saturated carbocycles. The lowest BCUT2D eigenvalue weighted by atomic mass is 9.82. The first kappa shape index (κ1) is 28.5. The second kappa shape index (κ2) is 11.3. The van der Waals surface area contributed by atoms with E-state index in [1.807, 2.05) is 85.9 Å². The van der Waals surface area contributed by atoms with Crippen molar-refractivity contribution in [1.82, 2.24) is 9.38 Å². The lowest BCUT2D eigenvalue weighted by Gasteiger charge is -2.32. The molecule has 1 atom stereocenters. The average Bonchev–Trinajstić information content (AvgIpc) is 3.60. The summed E-state index contributed by atoms with van der Waals surface area (Å²) in [6.07, 6.45) is 2.01. The molecule has 3 aromatic heterocycles. The third-order valence-electron chi connectivity index (χ3n) is 8.71. The van der Waals surface area contributed by atoms with Gasteiger partial charge in [0.1, 0.15) is 17.2 Å². The van der Waals surface area contributed by atoms with Crippen LogP contribution in [0, 0.1) is 0 Å². The van der Waals surface area contributed by atoms with Crippen LogP contribution in [0.25, 0.3) is 27.5 Å². The number of ether oxygens (including phenoxy) is 3.